The molecule has 1 aromatic rings. The summed E-state index contributed by atoms with van der Waals surface area (Å²) in [6.45, 7) is 6.27. The maximum atomic E-state index is 11.7. The van der Waals surface area contributed by atoms with Crippen LogP contribution in [0.5, 0.6) is 0 Å². The zero-order valence-corrected chi connectivity index (χ0v) is 10.2. The lowest BCUT2D eigenvalue weighted by Crippen LogP contribution is -2.11. The molecule has 0 saturated heterocycles. The molecule has 3 heteroatoms. The van der Waals surface area contributed by atoms with Gasteiger partial charge in [-0.25, -0.2) is 4.79 Å². The summed E-state index contributed by atoms with van der Waals surface area (Å²) < 4.78 is 5.03. The van der Waals surface area contributed by atoms with Crippen LogP contribution in [0.25, 0.3) is 0 Å². The Kier molecular flexibility index (Phi) is 4.35. The molecule has 88 valence electrons. The zero-order chi connectivity index (χ0) is 12.1. The van der Waals surface area contributed by atoms with Gasteiger partial charge in [-0.15, -0.1) is 0 Å². The number of nitrogen functional groups attached to an aromatic ring is 1. The highest BCUT2D eigenvalue weighted by Crippen LogP contribution is 2.23. The van der Waals surface area contributed by atoms with Crippen LogP contribution in [0.2, 0.25) is 0 Å². The molecule has 0 amide bonds. The molecule has 0 aliphatic heterocycles. The van der Waals surface area contributed by atoms with Crippen LogP contribution in [0.3, 0.4) is 0 Å². The molecule has 16 heavy (non-hydrogen) atoms. The standard InChI is InChI=1S/C13H19NO2/c1-4-9-10(5-2)12(14)8-7-11(9)13(15)16-6-3/h7-8H,4-6,14H2,1-3H3. The number of ether oxygens (including phenoxy) is 1. The van der Waals surface area contributed by atoms with E-state index in [1.165, 1.54) is 0 Å². The lowest BCUT2D eigenvalue weighted by atomic mass is 9.95. The summed E-state index contributed by atoms with van der Waals surface area (Å²) in [5.41, 5.74) is 9.38. The molecular weight excluding hydrogens is 202 g/mol. The fourth-order valence-electron chi connectivity index (χ4n) is 1.93. The van der Waals surface area contributed by atoms with Crippen molar-refractivity contribution in [1.29, 1.82) is 0 Å². The van der Waals surface area contributed by atoms with Gasteiger partial charge in [0.1, 0.15) is 0 Å². The molecule has 0 bridgehead atoms. The molecule has 1 rings (SSSR count). The van der Waals surface area contributed by atoms with Gasteiger partial charge in [0, 0.05) is 5.69 Å². The van der Waals surface area contributed by atoms with E-state index in [0.717, 1.165) is 29.7 Å². The second-order valence-electron chi connectivity index (χ2n) is 3.59. The number of carbonyl (C=O) groups is 1. The van der Waals surface area contributed by atoms with E-state index >= 15 is 0 Å². The fourth-order valence-corrected chi connectivity index (χ4v) is 1.93. The molecule has 0 aliphatic carbocycles. The first kappa shape index (κ1) is 12.6. The van der Waals surface area contributed by atoms with Crippen molar-refractivity contribution >= 4 is 11.7 Å². The van der Waals surface area contributed by atoms with Crippen LogP contribution in [0.4, 0.5) is 5.69 Å². The Hall–Kier alpha value is -1.51. The van der Waals surface area contributed by atoms with E-state index in [-0.39, 0.29) is 5.97 Å². The third kappa shape index (κ3) is 2.35. The van der Waals surface area contributed by atoms with Crippen molar-refractivity contribution in [3.63, 3.8) is 0 Å². The Labute approximate surface area is 96.6 Å². The molecule has 0 fully saturated rings. The quantitative estimate of drug-likeness (QED) is 0.628. The Morgan fingerprint density at radius 3 is 2.31 bits per heavy atom. The van der Waals surface area contributed by atoms with Crippen molar-refractivity contribution in [2.24, 2.45) is 0 Å². The first-order chi connectivity index (χ1) is 7.65. The minimum absolute atomic E-state index is 0.256. The maximum absolute atomic E-state index is 11.7. The summed E-state index contributed by atoms with van der Waals surface area (Å²) in [4.78, 5) is 11.7. The number of rotatable bonds is 4. The van der Waals surface area contributed by atoms with Gasteiger partial charge in [-0.1, -0.05) is 13.8 Å². The van der Waals surface area contributed by atoms with E-state index in [4.69, 9.17) is 10.5 Å². The van der Waals surface area contributed by atoms with Crippen LogP contribution in [0, 0.1) is 0 Å². The Morgan fingerprint density at radius 2 is 1.81 bits per heavy atom. The van der Waals surface area contributed by atoms with E-state index in [1.54, 1.807) is 12.1 Å². The van der Waals surface area contributed by atoms with Crippen molar-refractivity contribution in [3.8, 4) is 0 Å². The summed E-state index contributed by atoms with van der Waals surface area (Å²) in [5.74, 6) is -0.256. The summed E-state index contributed by atoms with van der Waals surface area (Å²) in [7, 11) is 0. The fraction of sp³-hybridized carbons (Fsp3) is 0.462. The number of anilines is 1. The molecule has 0 heterocycles. The predicted molar refractivity (Wildman–Crippen MR) is 65.6 cm³/mol. The molecule has 3 nitrogen and oxygen atoms in total. The molecule has 0 atom stereocenters. The van der Waals surface area contributed by atoms with Crippen LogP contribution in [-0.4, -0.2) is 12.6 Å². The van der Waals surface area contributed by atoms with E-state index in [9.17, 15) is 4.79 Å². The molecule has 1 aromatic carbocycles. The first-order valence-corrected chi connectivity index (χ1v) is 5.72. The highest BCUT2D eigenvalue weighted by Gasteiger charge is 2.15. The number of nitrogens with two attached hydrogens (primary N) is 1. The smallest absolute Gasteiger partial charge is 0.338 e. The van der Waals surface area contributed by atoms with Gasteiger partial charge in [0.05, 0.1) is 12.2 Å². The monoisotopic (exact) mass is 221 g/mol. The second kappa shape index (κ2) is 5.54. The van der Waals surface area contributed by atoms with Crippen molar-refractivity contribution < 1.29 is 9.53 Å². The van der Waals surface area contributed by atoms with Gasteiger partial charge < -0.3 is 10.5 Å². The number of esters is 1. The van der Waals surface area contributed by atoms with E-state index in [1.807, 2.05) is 20.8 Å². The Bertz CT molecular complexity index is 386. The van der Waals surface area contributed by atoms with Crippen LogP contribution in [0.1, 0.15) is 42.3 Å². The third-order valence-electron chi connectivity index (χ3n) is 2.67. The lowest BCUT2D eigenvalue weighted by molar-refractivity contribution is 0.0525. The molecule has 0 spiro atoms. The lowest BCUT2D eigenvalue weighted by Gasteiger charge is -2.13. The number of carbonyl (C=O) groups excluding carboxylic acids is 1. The van der Waals surface area contributed by atoms with E-state index in [0.29, 0.717) is 12.2 Å². The Balaban J connectivity index is 3.24. The first-order valence-electron chi connectivity index (χ1n) is 5.72. The number of hydrogen-bond acceptors (Lipinski definition) is 3. The zero-order valence-electron chi connectivity index (χ0n) is 10.2. The SMILES string of the molecule is CCOC(=O)c1ccc(N)c(CC)c1CC. The summed E-state index contributed by atoms with van der Waals surface area (Å²) >= 11 is 0. The average Bonchev–Trinajstić information content (AvgIpc) is 2.28. The minimum atomic E-state index is -0.256. The summed E-state index contributed by atoms with van der Waals surface area (Å²) in [6.07, 6.45) is 1.63. The van der Waals surface area contributed by atoms with Gasteiger partial charge in [-0.2, -0.15) is 0 Å². The van der Waals surface area contributed by atoms with Crippen molar-refractivity contribution in [1.82, 2.24) is 0 Å². The Morgan fingerprint density at radius 1 is 1.19 bits per heavy atom. The van der Waals surface area contributed by atoms with Gasteiger partial charge in [0.15, 0.2) is 0 Å². The largest absolute Gasteiger partial charge is 0.462 e. The van der Waals surface area contributed by atoms with Gasteiger partial charge in [0.25, 0.3) is 0 Å². The molecule has 0 radical (unpaired) electrons. The minimum Gasteiger partial charge on any atom is -0.462 e. The summed E-state index contributed by atoms with van der Waals surface area (Å²) in [6, 6.07) is 3.54. The molecule has 0 aromatic heterocycles. The third-order valence-corrected chi connectivity index (χ3v) is 2.67. The highest BCUT2D eigenvalue weighted by atomic mass is 16.5. The van der Waals surface area contributed by atoms with Gasteiger partial charge in [-0.05, 0) is 43.0 Å². The predicted octanol–water partition coefficient (Wildman–Crippen LogP) is 2.57. The van der Waals surface area contributed by atoms with E-state index in [2.05, 4.69) is 0 Å². The second-order valence-corrected chi connectivity index (χ2v) is 3.59. The van der Waals surface area contributed by atoms with Crippen LogP contribution >= 0.6 is 0 Å². The van der Waals surface area contributed by atoms with Crippen molar-refractivity contribution in [3.05, 3.63) is 28.8 Å². The van der Waals surface area contributed by atoms with Crippen LogP contribution < -0.4 is 5.73 Å². The van der Waals surface area contributed by atoms with Gasteiger partial charge >= 0.3 is 5.97 Å². The van der Waals surface area contributed by atoms with E-state index < -0.39 is 0 Å². The topological polar surface area (TPSA) is 52.3 Å². The summed E-state index contributed by atoms with van der Waals surface area (Å²) in [5, 5.41) is 0. The van der Waals surface area contributed by atoms with Crippen molar-refractivity contribution in [2.75, 3.05) is 12.3 Å². The number of benzene rings is 1. The van der Waals surface area contributed by atoms with Crippen LogP contribution in [-0.2, 0) is 17.6 Å². The molecule has 2 N–H and O–H groups in total. The van der Waals surface area contributed by atoms with Crippen LogP contribution in [0.15, 0.2) is 12.1 Å². The normalized spacial score (nSPS) is 10.2. The molecule has 0 saturated carbocycles. The molecule has 0 aliphatic rings. The molecule has 0 unspecified atom stereocenters. The average molecular weight is 221 g/mol. The van der Waals surface area contributed by atoms with Gasteiger partial charge in [0.2, 0.25) is 0 Å². The molecular formula is C13H19NO2. The van der Waals surface area contributed by atoms with Gasteiger partial charge in [-0.3, -0.25) is 0 Å². The highest BCUT2D eigenvalue weighted by molar-refractivity contribution is 5.92. The van der Waals surface area contributed by atoms with Crippen molar-refractivity contribution in [2.45, 2.75) is 33.6 Å². The number of hydrogen-bond donors (Lipinski definition) is 1. The maximum Gasteiger partial charge on any atom is 0.338 e.